The molecule has 0 aromatic carbocycles. The van der Waals surface area contributed by atoms with Gasteiger partial charge in [-0.2, -0.15) is 5.26 Å². The first-order valence-corrected chi connectivity index (χ1v) is 13.6. The largest absolute Gasteiger partial charge is 0.198 e. The lowest BCUT2D eigenvalue weighted by atomic mass is 9.63. The van der Waals surface area contributed by atoms with Crippen molar-refractivity contribution in [1.82, 2.24) is 0 Å². The van der Waals surface area contributed by atoms with Crippen LogP contribution in [0.5, 0.6) is 0 Å². The van der Waals surface area contributed by atoms with Crippen LogP contribution in [0.15, 0.2) is 0 Å². The van der Waals surface area contributed by atoms with E-state index in [-0.39, 0.29) is 5.41 Å². The van der Waals surface area contributed by atoms with E-state index >= 15 is 0 Å². The van der Waals surface area contributed by atoms with Gasteiger partial charge in [-0.1, -0.05) is 104 Å². The van der Waals surface area contributed by atoms with Crippen LogP contribution in [0.3, 0.4) is 0 Å². The number of nitrogens with zero attached hydrogens (tertiary/aromatic N) is 1. The summed E-state index contributed by atoms with van der Waals surface area (Å²) in [4.78, 5) is 0. The van der Waals surface area contributed by atoms with Crippen molar-refractivity contribution in [2.75, 3.05) is 0 Å². The average Bonchev–Trinajstić information content (AvgIpc) is 2.77. The predicted octanol–water partition coefficient (Wildman–Crippen LogP) is 9.60. The van der Waals surface area contributed by atoms with E-state index in [0.717, 1.165) is 17.8 Å². The van der Waals surface area contributed by atoms with E-state index in [2.05, 4.69) is 19.9 Å². The third kappa shape index (κ3) is 9.02. The van der Waals surface area contributed by atoms with Gasteiger partial charge in [-0.15, -0.1) is 0 Å². The monoisotopic (exact) mass is 401 g/mol. The Kier molecular flexibility index (Phi) is 12.4. The van der Waals surface area contributed by atoms with Gasteiger partial charge >= 0.3 is 0 Å². The van der Waals surface area contributed by atoms with Crippen molar-refractivity contribution in [1.29, 1.82) is 5.26 Å². The molecule has 0 N–H and O–H groups in total. The molecule has 1 heteroatoms. The molecule has 1 nitrogen and oxygen atoms in total. The number of hydrogen-bond donors (Lipinski definition) is 0. The maximum atomic E-state index is 9.93. The van der Waals surface area contributed by atoms with Crippen molar-refractivity contribution in [3.8, 4) is 6.07 Å². The summed E-state index contributed by atoms with van der Waals surface area (Å²) in [5, 5.41) is 9.93. The second kappa shape index (κ2) is 14.5. The fourth-order valence-electron chi connectivity index (χ4n) is 6.31. The maximum absolute atomic E-state index is 9.93. The molecule has 0 atom stereocenters. The summed E-state index contributed by atoms with van der Waals surface area (Å²) in [5.41, 5.74) is 0.0378. The van der Waals surface area contributed by atoms with E-state index in [1.54, 1.807) is 0 Å². The standard InChI is InChI=1S/C28H51N/c1-3-5-7-8-9-10-11-13-21-28(24-29)22-19-27(20-23-28)26-17-15-25(16-18-26)14-12-6-4-2/h25-27H,3-23H2,1-2H3/t25?,26?,27-,28+. The van der Waals surface area contributed by atoms with Gasteiger partial charge in [0.25, 0.3) is 0 Å². The first-order chi connectivity index (χ1) is 14.2. The van der Waals surface area contributed by atoms with Crippen molar-refractivity contribution < 1.29 is 0 Å². The quantitative estimate of drug-likeness (QED) is 0.266. The summed E-state index contributed by atoms with van der Waals surface area (Å²) in [6.07, 6.45) is 28.9. The van der Waals surface area contributed by atoms with Gasteiger partial charge in [0.2, 0.25) is 0 Å². The van der Waals surface area contributed by atoms with Crippen LogP contribution in [0.25, 0.3) is 0 Å². The van der Waals surface area contributed by atoms with Crippen LogP contribution >= 0.6 is 0 Å². The molecule has 168 valence electrons. The maximum Gasteiger partial charge on any atom is 0.0689 e. The number of nitriles is 1. The predicted molar refractivity (Wildman–Crippen MR) is 127 cm³/mol. The average molecular weight is 402 g/mol. The van der Waals surface area contributed by atoms with Crippen LogP contribution in [-0.4, -0.2) is 0 Å². The summed E-state index contributed by atoms with van der Waals surface area (Å²) in [5.74, 6) is 2.95. The molecular weight excluding hydrogens is 350 g/mol. The van der Waals surface area contributed by atoms with E-state index in [1.807, 2.05) is 0 Å². The Bertz CT molecular complexity index is 432. The van der Waals surface area contributed by atoms with Gasteiger partial charge < -0.3 is 0 Å². The molecule has 0 saturated heterocycles. The molecule has 2 saturated carbocycles. The fourth-order valence-corrected chi connectivity index (χ4v) is 6.31. The first kappa shape index (κ1) is 24.8. The zero-order valence-electron chi connectivity index (χ0n) is 20.0. The van der Waals surface area contributed by atoms with Crippen LogP contribution in [-0.2, 0) is 0 Å². The molecule has 0 aliphatic heterocycles. The van der Waals surface area contributed by atoms with Gasteiger partial charge in [-0.3, -0.25) is 0 Å². The second-order valence-corrected chi connectivity index (χ2v) is 10.7. The number of rotatable bonds is 14. The van der Waals surface area contributed by atoms with Gasteiger partial charge in [0.15, 0.2) is 0 Å². The van der Waals surface area contributed by atoms with Gasteiger partial charge in [-0.25, -0.2) is 0 Å². The van der Waals surface area contributed by atoms with Crippen LogP contribution in [0.4, 0.5) is 0 Å². The summed E-state index contributed by atoms with van der Waals surface area (Å²) < 4.78 is 0. The fraction of sp³-hybridized carbons (Fsp3) is 0.964. The minimum Gasteiger partial charge on any atom is -0.198 e. The Morgan fingerprint density at radius 3 is 1.76 bits per heavy atom. The van der Waals surface area contributed by atoms with Crippen LogP contribution in [0, 0.1) is 34.5 Å². The molecular formula is C28H51N. The molecule has 0 bridgehead atoms. The summed E-state index contributed by atoms with van der Waals surface area (Å²) in [7, 11) is 0. The highest BCUT2D eigenvalue weighted by molar-refractivity contribution is 5.02. The lowest BCUT2D eigenvalue weighted by molar-refractivity contribution is 0.114. The molecule has 0 amide bonds. The molecule has 0 aromatic heterocycles. The van der Waals surface area contributed by atoms with Gasteiger partial charge in [0, 0.05) is 0 Å². The smallest absolute Gasteiger partial charge is 0.0689 e. The minimum absolute atomic E-state index is 0.0378. The Hall–Kier alpha value is -0.510. The highest BCUT2D eigenvalue weighted by Crippen LogP contribution is 2.47. The highest BCUT2D eigenvalue weighted by atomic mass is 14.4. The Balaban J connectivity index is 1.59. The molecule has 2 fully saturated rings. The van der Waals surface area contributed by atoms with Crippen LogP contribution in [0.2, 0.25) is 0 Å². The van der Waals surface area contributed by atoms with E-state index in [0.29, 0.717) is 0 Å². The highest BCUT2D eigenvalue weighted by Gasteiger charge is 2.38. The van der Waals surface area contributed by atoms with E-state index < -0.39 is 0 Å². The SMILES string of the molecule is CCCCCCCCCC[C@]1(C#N)CC[C@@H](C2CCC(CCCCC)CC2)CC1. The van der Waals surface area contributed by atoms with Crippen molar-refractivity contribution in [2.45, 2.75) is 149 Å². The molecule has 2 rings (SSSR count). The third-order valence-corrected chi connectivity index (χ3v) is 8.51. The first-order valence-electron chi connectivity index (χ1n) is 13.6. The Labute approximate surface area is 183 Å². The zero-order valence-corrected chi connectivity index (χ0v) is 20.0. The Morgan fingerprint density at radius 1 is 0.655 bits per heavy atom. The minimum atomic E-state index is 0.0378. The van der Waals surface area contributed by atoms with Gasteiger partial charge in [-0.05, 0) is 62.7 Å². The number of hydrogen-bond acceptors (Lipinski definition) is 1. The van der Waals surface area contributed by atoms with Crippen molar-refractivity contribution >= 4 is 0 Å². The van der Waals surface area contributed by atoms with Crippen LogP contribution in [0.1, 0.15) is 149 Å². The van der Waals surface area contributed by atoms with Crippen molar-refractivity contribution in [3.05, 3.63) is 0 Å². The van der Waals surface area contributed by atoms with E-state index in [1.165, 1.54) is 135 Å². The molecule has 29 heavy (non-hydrogen) atoms. The lowest BCUT2D eigenvalue weighted by Crippen LogP contribution is -2.31. The zero-order chi connectivity index (χ0) is 20.8. The molecule has 2 aliphatic carbocycles. The van der Waals surface area contributed by atoms with E-state index in [4.69, 9.17) is 0 Å². The third-order valence-electron chi connectivity index (χ3n) is 8.51. The Morgan fingerprint density at radius 2 is 1.17 bits per heavy atom. The molecule has 0 radical (unpaired) electrons. The van der Waals surface area contributed by atoms with Crippen LogP contribution < -0.4 is 0 Å². The molecule has 0 aromatic rings. The molecule has 0 heterocycles. The lowest BCUT2D eigenvalue weighted by Gasteiger charge is -2.41. The van der Waals surface area contributed by atoms with Crippen molar-refractivity contribution in [3.63, 3.8) is 0 Å². The molecule has 0 spiro atoms. The van der Waals surface area contributed by atoms with Crippen molar-refractivity contribution in [2.24, 2.45) is 23.2 Å². The topological polar surface area (TPSA) is 23.8 Å². The van der Waals surface area contributed by atoms with E-state index in [9.17, 15) is 5.26 Å². The summed E-state index contributed by atoms with van der Waals surface area (Å²) in [6, 6.07) is 2.80. The molecule has 2 aliphatic rings. The second-order valence-electron chi connectivity index (χ2n) is 10.7. The summed E-state index contributed by atoms with van der Waals surface area (Å²) >= 11 is 0. The number of unbranched alkanes of at least 4 members (excludes halogenated alkanes) is 9. The summed E-state index contributed by atoms with van der Waals surface area (Å²) in [6.45, 7) is 4.60. The molecule has 0 unspecified atom stereocenters. The normalized spacial score (nSPS) is 30.2. The van der Waals surface area contributed by atoms with Gasteiger partial charge in [0.05, 0.1) is 11.5 Å². The van der Waals surface area contributed by atoms with Gasteiger partial charge in [0.1, 0.15) is 0 Å².